The van der Waals surface area contributed by atoms with Crippen LogP contribution in [-0.4, -0.2) is 29.0 Å². The molecule has 7 heteroatoms. The van der Waals surface area contributed by atoms with Crippen molar-refractivity contribution in [2.45, 2.75) is 45.6 Å². The molecule has 0 bridgehead atoms. The maximum absolute atomic E-state index is 12.6. The minimum Gasteiger partial charge on any atom is -0.369 e. The predicted molar refractivity (Wildman–Crippen MR) is 97.7 cm³/mol. The summed E-state index contributed by atoms with van der Waals surface area (Å²) in [6, 6.07) is 0. The van der Waals surface area contributed by atoms with Crippen molar-refractivity contribution in [1.82, 2.24) is 9.97 Å². The molecular weight excluding hydrogens is 336 g/mol. The molecule has 134 valence electrons. The third kappa shape index (κ3) is 3.22. The molecule has 1 aliphatic carbocycles. The summed E-state index contributed by atoms with van der Waals surface area (Å²) >= 11 is 1.70. The first kappa shape index (κ1) is 16.7. The Bertz CT molecular complexity index is 864. The molecule has 25 heavy (non-hydrogen) atoms. The van der Waals surface area contributed by atoms with E-state index in [-0.39, 0.29) is 17.4 Å². The number of H-pyrrole nitrogens is 1. The van der Waals surface area contributed by atoms with E-state index in [2.05, 4.69) is 11.9 Å². The van der Waals surface area contributed by atoms with Crippen LogP contribution < -0.4 is 16.2 Å². The molecule has 1 saturated heterocycles. The summed E-state index contributed by atoms with van der Waals surface area (Å²) in [7, 11) is 0. The van der Waals surface area contributed by atoms with Gasteiger partial charge in [0, 0.05) is 23.6 Å². The fraction of sp³-hybridized carbons (Fsp3) is 0.611. The Hall–Kier alpha value is -1.73. The summed E-state index contributed by atoms with van der Waals surface area (Å²) in [5.74, 6) is 1.27. The second-order valence-corrected chi connectivity index (χ2v) is 8.73. The number of aromatic nitrogens is 2. The first-order chi connectivity index (χ1) is 12.0. The SMILES string of the molecule is C[C@H]1CCc2c(sc3nc(C[NH+]4CCC(C(N)=O)CC4)[nH]c(=O)c23)C1. The van der Waals surface area contributed by atoms with Crippen LogP contribution >= 0.6 is 11.3 Å². The number of nitrogens with zero attached hydrogens (tertiary/aromatic N) is 1. The van der Waals surface area contributed by atoms with E-state index in [1.165, 1.54) is 15.3 Å². The molecule has 0 spiro atoms. The highest BCUT2D eigenvalue weighted by molar-refractivity contribution is 7.18. The lowest BCUT2D eigenvalue weighted by Gasteiger charge is -2.27. The van der Waals surface area contributed by atoms with Crippen molar-refractivity contribution in [1.29, 1.82) is 0 Å². The normalized spacial score (nSPS) is 26.5. The molecule has 3 heterocycles. The lowest BCUT2D eigenvalue weighted by molar-refractivity contribution is -0.920. The summed E-state index contributed by atoms with van der Waals surface area (Å²) in [4.78, 5) is 35.3. The van der Waals surface area contributed by atoms with Gasteiger partial charge >= 0.3 is 0 Å². The van der Waals surface area contributed by atoms with Gasteiger partial charge in [-0.15, -0.1) is 11.3 Å². The molecular formula is C18H25N4O2S+. The summed E-state index contributed by atoms with van der Waals surface area (Å²) in [6.07, 6.45) is 4.85. The van der Waals surface area contributed by atoms with Crippen molar-refractivity contribution in [3.63, 3.8) is 0 Å². The Labute approximate surface area is 150 Å². The smallest absolute Gasteiger partial charge is 0.260 e. The molecule has 4 rings (SSSR count). The number of nitrogens with two attached hydrogens (primary N) is 1. The van der Waals surface area contributed by atoms with Gasteiger partial charge in [-0.2, -0.15) is 0 Å². The Morgan fingerprint density at radius 1 is 1.36 bits per heavy atom. The molecule has 6 nitrogen and oxygen atoms in total. The van der Waals surface area contributed by atoms with Gasteiger partial charge in [0.05, 0.1) is 18.5 Å². The number of thiophene rings is 1. The van der Waals surface area contributed by atoms with Crippen LogP contribution in [0.4, 0.5) is 0 Å². The number of carbonyl (C=O) groups is 1. The van der Waals surface area contributed by atoms with Crippen molar-refractivity contribution in [3.8, 4) is 0 Å². The van der Waals surface area contributed by atoms with Gasteiger partial charge in [0.1, 0.15) is 11.4 Å². The van der Waals surface area contributed by atoms with E-state index in [1.807, 2.05) is 0 Å². The Balaban J connectivity index is 1.56. The lowest BCUT2D eigenvalue weighted by atomic mass is 9.89. The third-order valence-electron chi connectivity index (χ3n) is 5.73. The minimum atomic E-state index is -0.189. The lowest BCUT2D eigenvalue weighted by Crippen LogP contribution is -3.12. The minimum absolute atomic E-state index is 0.00393. The molecule has 0 aromatic carbocycles. The summed E-state index contributed by atoms with van der Waals surface area (Å²) in [5, 5.41) is 0.818. The number of hydrogen-bond donors (Lipinski definition) is 3. The quantitative estimate of drug-likeness (QED) is 0.738. The van der Waals surface area contributed by atoms with Gasteiger partial charge in [0.15, 0.2) is 5.82 Å². The van der Waals surface area contributed by atoms with E-state index < -0.39 is 0 Å². The highest BCUT2D eigenvalue weighted by Crippen LogP contribution is 2.35. The van der Waals surface area contributed by atoms with E-state index in [0.717, 1.165) is 61.2 Å². The van der Waals surface area contributed by atoms with Gasteiger partial charge in [-0.05, 0) is 30.7 Å². The van der Waals surface area contributed by atoms with Crippen LogP contribution in [0.5, 0.6) is 0 Å². The second-order valence-electron chi connectivity index (χ2n) is 7.65. The monoisotopic (exact) mass is 361 g/mol. The number of rotatable bonds is 3. The largest absolute Gasteiger partial charge is 0.369 e. The average Bonchev–Trinajstić information content (AvgIpc) is 2.92. The number of hydrogen-bond acceptors (Lipinski definition) is 4. The van der Waals surface area contributed by atoms with Gasteiger partial charge in [0.2, 0.25) is 5.91 Å². The molecule has 2 aliphatic rings. The molecule has 0 radical (unpaired) electrons. The fourth-order valence-corrected chi connectivity index (χ4v) is 5.60. The molecule has 1 amide bonds. The van der Waals surface area contributed by atoms with E-state index in [9.17, 15) is 9.59 Å². The van der Waals surface area contributed by atoms with Crippen LogP contribution in [0.25, 0.3) is 10.2 Å². The van der Waals surface area contributed by atoms with Crippen LogP contribution in [0.15, 0.2) is 4.79 Å². The number of carbonyl (C=O) groups excluding carboxylic acids is 1. The second kappa shape index (κ2) is 6.53. The zero-order chi connectivity index (χ0) is 17.6. The summed E-state index contributed by atoms with van der Waals surface area (Å²) in [6.45, 7) is 4.77. The van der Waals surface area contributed by atoms with Gasteiger partial charge in [0.25, 0.3) is 5.56 Å². The number of aryl methyl sites for hydroxylation is 1. The maximum atomic E-state index is 12.6. The maximum Gasteiger partial charge on any atom is 0.260 e. The van der Waals surface area contributed by atoms with Crippen LogP contribution in [0, 0.1) is 11.8 Å². The zero-order valence-electron chi connectivity index (χ0n) is 14.6. The number of quaternary nitrogens is 1. The first-order valence-electron chi connectivity index (χ1n) is 9.17. The zero-order valence-corrected chi connectivity index (χ0v) is 15.4. The molecule has 0 unspecified atom stereocenters. The van der Waals surface area contributed by atoms with Crippen LogP contribution in [0.2, 0.25) is 0 Å². The number of fused-ring (bicyclic) bond motifs is 3. The molecule has 4 N–H and O–H groups in total. The van der Waals surface area contributed by atoms with Crippen molar-refractivity contribution in [2.75, 3.05) is 13.1 Å². The Kier molecular flexibility index (Phi) is 4.37. The third-order valence-corrected chi connectivity index (χ3v) is 6.88. The Morgan fingerprint density at radius 2 is 2.12 bits per heavy atom. The first-order valence-corrected chi connectivity index (χ1v) is 9.99. The highest BCUT2D eigenvalue weighted by Gasteiger charge is 2.27. The number of nitrogens with one attached hydrogen (secondary N) is 2. The van der Waals surface area contributed by atoms with Gasteiger partial charge in [-0.3, -0.25) is 9.59 Å². The van der Waals surface area contributed by atoms with E-state index in [4.69, 9.17) is 10.7 Å². The fourth-order valence-electron chi connectivity index (χ4n) is 4.20. The predicted octanol–water partition coefficient (Wildman–Crippen LogP) is 0.390. The number of primary amides is 1. The van der Waals surface area contributed by atoms with Crippen molar-refractivity contribution in [3.05, 3.63) is 26.6 Å². The topological polar surface area (TPSA) is 93.3 Å². The van der Waals surface area contributed by atoms with Crippen LogP contribution in [0.3, 0.4) is 0 Å². The van der Waals surface area contributed by atoms with E-state index >= 15 is 0 Å². The summed E-state index contributed by atoms with van der Waals surface area (Å²) in [5.41, 5.74) is 6.64. The molecule has 1 atom stereocenters. The molecule has 0 saturated carbocycles. The standard InChI is InChI=1S/C18H24N4O2S/c1-10-2-3-12-13(8-10)25-18-15(12)17(24)20-14(21-18)9-22-6-4-11(5-7-22)16(19)23/h10-11H,2-9H2,1H3,(H2,19,23)(H,20,21,24)/p+1/t10-/m0/s1. The molecule has 2 aromatic rings. The molecule has 2 aromatic heterocycles. The van der Waals surface area contributed by atoms with Crippen LogP contribution in [-0.2, 0) is 24.2 Å². The number of likely N-dealkylation sites (tertiary alicyclic amines) is 1. The van der Waals surface area contributed by atoms with Crippen molar-refractivity contribution >= 4 is 27.5 Å². The molecule has 1 fully saturated rings. The van der Waals surface area contributed by atoms with Crippen LogP contribution in [0.1, 0.15) is 42.5 Å². The van der Waals surface area contributed by atoms with Gasteiger partial charge in [-0.1, -0.05) is 6.92 Å². The highest BCUT2D eigenvalue weighted by atomic mass is 32.1. The average molecular weight is 361 g/mol. The van der Waals surface area contributed by atoms with Crippen molar-refractivity contribution < 1.29 is 9.69 Å². The summed E-state index contributed by atoms with van der Waals surface area (Å²) < 4.78 is 0. The Morgan fingerprint density at radius 3 is 2.84 bits per heavy atom. The number of amides is 1. The molecule has 1 aliphatic heterocycles. The van der Waals surface area contributed by atoms with E-state index in [1.54, 1.807) is 11.3 Å². The van der Waals surface area contributed by atoms with E-state index in [0.29, 0.717) is 12.5 Å². The van der Waals surface area contributed by atoms with Crippen molar-refractivity contribution in [2.24, 2.45) is 17.6 Å². The van der Waals surface area contributed by atoms with Gasteiger partial charge in [-0.25, -0.2) is 4.98 Å². The van der Waals surface area contributed by atoms with Gasteiger partial charge < -0.3 is 15.6 Å². The number of aromatic amines is 1. The number of piperidine rings is 1.